The fraction of sp³-hybridized carbons (Fsp3) is 0.348. The lowest BCUT2D eigenvalue weighted by molar-refractivity contribution is -0.0505. The monoisotopic (exact) mass is 427 g/mol. The average Bonchev–Trinajstić information content (AvgIpc) is 3.20. The molecule has 8 heteroatoms. The summed E-state index contributed by atoms with van der Waals surface area (Å²) in [6.07, 6.45) is 0.921. The van der Waals surface area contributed by atoms with E-state index < -0.39 is 18.1 Å². The van der Waals surface area contributed by atoms with Crippen LogP contribution in [0.25, 0.3) is 17.3 Å². The molecule has 2 aromatic heterocycles. The quantitative estimate of drug-likeness (QED) is 0.549. The average molecular weight is 427 g/mol. The molecule has 1 aliphatic rings. The molecule has 0 bridgehead atoms. The lowest BCUT2D eigenvalue weighted by atomic mass is 9.82. The van der Waals surface area contributed by atoms with Crippen molar-refractivity contribution in [3.63, 3.8) is 0 Å². The maximum absolute atomic E-state index is 13.7. The summed E-state index contributed by atoms with van der Waals surface area (Å²) in [7, 11) is 0. The van der Waals surface area contributed by atoms with Gasteiger partial charge in [0.05, 0.1) is 5.69 Å². The number of hydrogen-bond acceptors (Lipinski definition) is 5. The van der Waals surface area contributed by atoms with Gasteiger partial charge in [0.1, 0.15) is 12.6 Å². The number of benzene rings is 1. The zero-order valence-corrected chi connectivity index (χ0v) is 16.9. The molecule has 1 amide bonds. The minimum Gasteiger partial charge on any atom is -0.445 e. The van der Waals surface area contributed by atoms with Gasteiger partial charge in [-0.1, -0.05) is 36.9 Å². The number of nitrogens with zero attached hydrogens (tertiary/aromatic N) is 2. The Morgan fingerprint density at radius 1 is 1.23 bits per heavy atom. The summed E-state index contributed by atoms with van der Waals surface area (Å²) < 4.78 is 38.5. The number of amides is 1. The maximum Gasteiger partial charge on any atom is 0.408 e. The number of alkyl carbamates (subject to hydrolysis) is 1. The molecule has 0 spiro atoms. The van der Waals surface area contributed by atoms with Crippen LogP contribution in [0.2, 0.25) is 0 Å². The molecule has 1 fully saturated rings. The molecular weight excluding hydrogens is 404 g/mol. The first-order chi connectivity index (χ1) is 14.9. The number of pyridine rings is 1. The van der Waals surface area contributed by atoms with Crippen molar-refractivity contribution in [2.45, 2.75) is 44.3 Å². The van der Waals surface area contributed by atoms with Gasteiger partial charge < -0.3 is 14.5 Å². The predicted molar refractivity (Wildman–Crippen MR) is 111 cm³/mol. The Hall–Kier alpha value is -3.29. The topological polar surface area (TPSA) is 77.2 Å². The first kappa shape index (κ1) is 21.0. The van der Waals surface area contributed by atoms with E-state index >= 15 is 0 Å². The van der Waals surface area contributed by atoms with Gasteiger partial charge in [0.2, 0.25) is 11.8 Å². The van der Waals surface area contributed by atoms with Gasteiger partial charge in [-0.2, -0.15) is 4.98 Å². The Balaban J connectivity index is 1.54. The summed E-state index contributed by atoms with van der Waals surface area (Å²) in [5, 5.41) is 2.78. The van der Waals surface area contributed by atoms with Gasteiger partial charge in [-0.3, -0.25) is 0 Å². The van der Waals surface area contributed by atoms with Crippen LogP contribution in [0.4, 0.5) is 13.6 Å². The number of hydrogen-bond donors (Lipinski definition) is 1. The largest absolute Gasteiger partial charge is 0.445 e. The second kappa shape index (κ2) is 8.83. The van der Waals surface area contributed by atoms with E-state index in [-0.39, 0.29) is 44.1 Å². The first-order valence-corrected chi connectivity index (χ1v) is 10.2. The molecule has 3 aromatic rings. The SMILES string of the molecule is C=Cc1ccc2oc(C(NC(=O)OCc3ccccc3)C3CCC(F)(F)CC3)nc2n1. The molecule has 162 valence electrons. The van der Waals surface area contributed by atoms with Crippen molar-refractivity contribution in [2.24, 2.45) is 5.92 Å². The Morgan fingerprint density at radius 3 is 2.68 bits per heavy atom. The van der Waals surface area contributed by atoms with Gasteiger partial charge in [-0.15, -0.1) is 0 Å². The number of fused-ring (bicyclic) bond motifs is 1. The van der Waals surface area contributed by atoms with E-state index in [9.17, 15) is 13.6 Å². The van der Waals surface area contributed by atoms with Gasteiger partial charge in [0.25, 0.3) is 0 Å². The van der Waals surface area contributed by atoms with Crippen molar-refractivity contribution < 1.29 is 22.7 Å². The number of rotatable bonds is 6. The van der Waals surface area contributed by atoms with E-state index in [2.05, 4.69) is 21.9 Å². The third-order valence-electron chi connectivity index (χ3n) is 5.49. The van der Waals surface area contributed by atoms with Crippen molar-refractivity contribution >= 4 is 23.4 Å². The van der Waals surface area contributed by atoms with Crippen LogP contribution in [0.15, 0.2) is 53.5 Å². The number of nitrogens with one attached hydrogen (secondary N) is 1. The molecule has 2 heterocycles. The van der Waals surface area contributed by atoms with Gasteiger partial charge in [-0.05, 0) is 42.5 Å². The highest BCUT2D eigenvalue weighted by atomic mass is 19.3. The summed E-state index contributed by atoms with van der Waals surface area (Å²) in [5.41, 5.74) is 2.30. The van der Waals surface area contributed by atoms with Crippen molar-refractivity contribution in [2.75, 3.05) is 0 Å². The van der Waals surface area contributed by atoms with Gasteiger partial charge >= 0.3 is 6.09 Å². The van der Waals surface area contributed by atoms with Crippen LogP contribution in [0.1, 0.15) is 48.9 Å². The lowest BCUT2D eigenvalue weighted by Gasteiger charge is -2.32. The fourth-order valence-corrected chi connectivity index (χ4v) is 3.77. The van der Waals surface area contributed by atoms with Crippen LogP contribution >= 0.6 is 0 Å². The number of carbonyl (C=O) groups excluding carboxylic acids is 1. The Bertz CT molecular complexity index is 1060. The standard InChI is InChI=1S/C23H23F2N3O3/c1-2-17-8-9-18-20(26-17)28-21(31-18)19(16-10-12-23(24,25)13-11-16)27-22(29)30-14-15-6-4-3-5-7-15/h2-9,16,19H,1,10-14H2,(H,27,29). The zero-order valence-electron chi connectivity index (χ0n) is 16.9. The lowest BCUT2D eigenvalue weighted by Crippen LogP contribution is -2.37. The fourth-order valence-electron chi connectivity index (χ4n) is 3.77. The number of carbonyl (C=O) groups is 1. The molecule has 1 aliphatic carbocycles. The number of oxazole rings is 1. The molecule has 1 atom stereocenters. The van der Waals surface area contributed by atoms with Crippen LogP contribution < -0.4 is 5.32 Å². The van der Waals surface area contributed by atoms with Crippen LogP contribution in [0.5, 0.6) is 0 Å². The number of halogens is 2. The number of ether oxygens (including phenoxy) is 1. The Kier molecular flexibility index (Phi) is 5.97. The predicted octanol–water partition coefficient (Wildman–Crippen LogP) is 5.66. The summed E-state index contributed by atoms with van der Waals surface area (Å²) in [6, 6.07) is 12.0. The molecule has 0 aliphatic heterocycles. The van der Waals surface area contributed by atoms with Crippen LogP contribution in [-0.2, 0) is 11.3 Å². The molecule has 1 N–H and O–H groups in total. The number of aromatic nitrogens is 2. The van der Waals surface area contributed by atoms with Crippen molar-refractivity contribution in [1.29, 1.82) is 0 Å². The molecule has 0 radical (unpaired) electrons. The molecule has 1 aromatic carbocycles. The first-order valence-electron chi connectivity index (χ1n) is 10.2. The minimum atomic E-state index is -2.68. The van der Waals surface area contributed by atoms with Crippen molar-refractivity contribution in [3.05, 3.63) is 66.2 Å². The van der Waals surface area contributed by atoms with Crippen LogP contribution in [0.3, 0.4) is 0 Å². The highest BCUT2D eigenvalue weighted by Gasteiger charge is 2.40. The smallest absolute Gasteiger partial charge is 0.408 e. The summed E-state index contributed by atoms with van der Waals surface area (Å²) in [6.45, 7) is 3.78. The Labute approximate surface area is 178 Å². The number of alkyl halides is 2. The van der Waals surface area contributed by atoms with E-state index in [1.807, 2.05) is 30.3 Å². The molecular formula is C23H23F2N3O3. The second-order valence-corrected chi connectivity index (χ2v) is 7.69. The minimum absolute atomic E-state index is 0.0972. The molecule has 31 heavy (non-hydrogen) atoms. The summed E-state index contributed by atoms with van der Waals surface area (Å²) in [5.74, 6) is -2.71. The van der Waals surface area contributed by atoms with Crippen LogP contribution in [0, 0.1) is 5.92 Å². The third-order valence-corrected chi connectivity index (χ3v) is 5.49. The molecule has 4 rings (SSSR count). The maximum atomic E-state index is 13.7. The van der Waals surface area contributed by atoms with Crippen molar-refractivity contribution in [3.8, 4) is 0 Å². The van der Waals surface area contributed by atoms with E-state index in [1.54, 1.807) is 18.2 Å². The van der Waals surface area contributed by atoms with Crippen molar-refractivity contribution in [1.82, 2.24) is 15.3 Å². The van der Waals surface area contributed by atoms with E-state index in [4.69, 9.17) is 9.15 Å². The van der Waals surface area contributed by atoms with Crippen LogP contribution in [-0.4, -0.2) is 22.0 Å². The second-order valence-electron chi connectivity index (χ2n) is 7.69. The van der Waals surface area contributed by atoms with Gasteiger partial charge in [0.15, 0.2) is 11.2 Å². The van der Waals surface area contributed by atoms with Gasteiger partial charge in [-0.25, -0.2) is 18.6 Å². The Morgan fingerprint density at radius 2 is 1.97 bits per heavy atom. The van der Waals surface area contributed by atoms with E-state index in [0.29, 0.717) is 16.9 Å². The third kappa shape index (κ3) is 5.07. The highest BCUT2D eigenvalue weighted by Crippen LogP contribution is 2.41. The molecule has 1 unspecified atom stereocenters. The summed E-state index contributed by atoms with van der Waals surface area (Å²) >= 11 is 0. The van der Waals surface area contributed by atoms with E-state index in [1.165, 1.54) is 0 Å². The van der Waals surface area contributed by atoms with E-state index in [0.717, 1.165) is 5.56 Å². The molecule has 0 saturated heterocycles. The molecule has 1 saturated carbocycles. The zero-order chi connectivity index (χ0) is 21.8. The van der Waals surface area contributed by atoms with Gasteiger partial charge in [0, 0.05) is 12.8 Å². The summed E-state index contributed by atoms with van der Waals surface area (Å²) in [4.78, 5) is 21.3. The normalized spacial score (nSPS) is 17.2. The highest BCUT2D eigenvalue weighted by molar-refractivity contribution is 5.70. The molecule has 6 nitrogen and oxygen atoms in total.